The number of carbonyl (C=O) groups excluding carboxylic acids is 2. The summed E-state index contributed by atoms with van der Waals surface area (Å²) in [7, 11) is 1.56. The van der Waals surface area contributed by atoms with Gasteiger partial charge < -0.3 is 10.1 Å². The van der Waals surface area contributed by atoms with Crippen molar-refractivity contribution in [3.05, 3.63) is 98.1 Å². The topological polar surface area (TPSA) is 179 Å². The first-order valence-corrected chi connectivity index (χ1v) is 11.2. The van der Waals surface area contributed by atoms with Crippen molar-refractivity contribution in [3.8, 4) is 16.3 Å². The number of carbonyl (C=O) groups is 2. The maximum atomic E-state index is 13.0. The Kier molecular flexibility index (Phi) is 7.11. The van der Waals surface area contributed by atoms with Gasteiger partial charge in [0.15, 0.2) is 0 Å². The zero-order chi connectivity index (χ0) is 26.5. The summed E-state index contributed by atoms with van der Waals surface area (Å²) in [6.07, 6.45) is 0. The molecule has 0 aliphatic rings. The molecule has 13 nitrogen and oxygen atoms in total. The second-order valence-electron chi connectivity index (χ2n) is 7.35. The average Bonchev–Trinajstić information content (AvgIpc) is 3.37. The molecule has 2 N–H and O–H groups in total. The average molecular weight is 520 g/mol. The van der Waals surface area contributed by atoms with E-state index in [9.17, 15) is 29.8 Å². The van der Waals surface area contributed by atoms with E-state index in [0.717, 1.165) is 35.1 Å². The lowest BCUT2D eigenvalue weighted by molar-refractivity contribution is -0.394. The van der Waals surface area contributed by atoms with Crippen LogP contribution in [-0.2, 0) is 0 Å². The highest BCUT2D eigenvalue weighted by atomic mass is 32.1. The van der Waals surface area contributed by atoms with E-state index in [1.165, 1.54) is 12.1 Å². The number of hydrogen-bond acceptors (Lipinski definition) is 10. The first kappa shape index (κ1) is 24.9. The number of nitro benzene ring substituents is 2. The van der Waals surface area contributed by atoms with Crippen molar-refractivity contribution < 1.29 is 24.2 Å². The van der Waals surface area contributed by atoms with Crippen LogP contribution < -0.4 is 15.4 Å². The molecule has 0 saturated heterocycles. The van der Waals surface area contributed by atoms with Crippen molar-refractivity contribution in [2.45, 2.75) is 0 Å². The van der Waals surface area contributed by atoms with Crippen LogP contribution in [0.4, 0.5) is 22.2 Å². The Balaban J connectivity index is 1.53. The van der Waals surface area contributed by atoms with Gasteiger partial charge in [0.05, 0.1) is 39.8 Å². The molecule has 14 heteroatoms. The summed E-state index contributed by atoms with van der Waals surface area (Å²) in [5, 5.41) is 36.2. The smallest absolute Gasteiger partial charge is 0.277 e. The predicted octanol–water partition coefficient (Wildman–Crippen LogP) is 4.53. The highest BCUT2D eigenvalue weighted by Crippen LogP contribution is 2.29. The zero-order valence-corrected chi connectivity index (χ0v) is 19.7. The molecule has 186 valence electrons. The Morgan fingerprint density at radius 2 is 1.51 bits per heavy atom. The molecule has 37 heavy (non-hydrogen) atoms. The van der Waals surface area contributed by atoms with Crippen LogP contribution in [0.1, 0.15) is 20.7 Å². The van der Waals surface area contributed by atoms with Crippen molar-refractivity contribution in [2.24, 2.45) is 0 Å². The largest absolute Gasteiger partial charge is 0.497 e. The van der Waals surface area contributed by atoms with Crippen LogP contribution in [0.3, 0.4) is 0 Å². The fourth-order valence-corrected chi connectivity index (χ4v) is 3.95. The molecule has 1 heterocycles. The number of methoxy groups -OCH3 is 1. The van der Waals surface area contributed by atoms with Crippen molar-refractivity contribution in [1.82, 2.24) is 10.2 Å². The van der Waals surface area contributed by atoms with Gasteiger partial charge in [0.25, 0.3) is 23.2 Å². The summed E-state index contributed by atoms with van der Waals surface area (Å²) >= 11 is 1.14. The van der Waals surface area contributed by atoms with Crippen molar-refractivity contribution in [3.63, 3.8) is 0 Å². The quantitative estimate of drug-likeness (QED) is 0.249. The van der Waals surface area contributed by atoms with Crippen molar-refractivity contribution in [1.29, 1.82) is 0 Å². The summed E-state index contributed by atoms with van der Waals surface area (Å²) in [6.45, 7) is 0. The number of ether oxygens (including phenoxy) is 1. The number of aromatic nitrogens is 2. The number of nitrogens with zero attached hydrogens (tertiary/aromatic N) is 4. The normalized spacial score (nSPS) is 10.4. The maximum Gasteiger partial charge on any atom is 0.277 e. The van der Waals surface area contributed by atoms with Gasteiger partial charge in [-0.1, -0.05) is 23.5 Å². The van der Waals surface area contributed by atoms with E-state index in [2.05, 4.69) is 20.8 Å². The number of nitrogens with one attached hydrogen (secondary N) is 2. The summed E-state index contributed by atoms with van der Waals surface area (Å²) in [5.41, 5.74) is -0.624. The molecular weight excluding hydrogens is 504 g/mol. The molecule has 0 aliphatic heterocycles. The molecule has 2 amide bonds. The summed E-state index contributed by atoms with van der Waals surface area (Å²) in [5.74, 6) is -0.789. The van der Waals surface area contributed by atoms with Gasteiger partial charge in [0.1, 0.15) is 10.8 Å². The predicted molar refractivity (Wildman–Crippen MR) is 134 cm³/mol. The number of rotatable bonds is 8. The van der Waals surface area contributed by atoms with Crippen LogP contribution in [0.15, 0.2) is 66.7 Å². The monoisotopic (exact) mass is 520 g/mol. The van der Waals surface area contributed by atoms with Gasteiger partial charge in [-0.15, -0.1) is 10.2 Å². The highest BCUT2D eigenvalue weighted by Gasteiger charge is 2.22. The number of nitro groups is 2. The van der Waals surface area contributed by atoms with Gasteiger partial charge >= 0.3 is 0 Å². The molecule has 0 radical (unpaired) electrons. The molecule has 4 rings (SSSR count). The number of non-ortho nitro benzene ring substituents is 2. The van der Waals surface area contributed by atoms with Crippen molar-refractivity contribution in [2.75, 3.05) is 17.7 Å². The van der Waals surface area contributed by atoms with Crippen LogP contribution in [0.5, 0.6) is 5.75 Å². The molecule has 0 bridgehead atoms. The Hall–Kier alpha value is -5.24. The lowest BCUT2D eigenvalue weighted by Gasteiger charge is -2.10. The van der Waals surface area contributed by atoms with Gasteiger partial charge in [0.2, 0.25) is 5.13 Å². The number of anilines is 2. The highest BCUT2D eigenvalue weighted by molar-refractivity contribution is 7.18. The van der Waals surface area contributed by atoms with E-state index in [4.69, 9.17) is 4.74 Å². The summed E-state index contributed by atoms with van der Waals surface area (Å²) in [6, 6.07) is 15.7. The van der Waals surface area contributed by atoms with E-state index in [1.54, 1.807) is 43.5 Å². The minimum absolute atomic E-state index is 0.0666. The van der Waals surface area contributed by atoms with E-state index in [-0.39, 0.29) is 21.9 Å². The maximum absolute atomic E-state index is 13.0. The second kappa shape index (κ2) is 10.6. The SMILES string of the molecule is COc1ccc(-c2nnc(NC(=O)c3ccccc3NC(=O)c3cc([N+](=O)[O-])cc([N+](=O)[O-])c3)s2)cc1. The second-order valence-corrected chi connectivity index (χ2v) is 8.32. The van der Waals surface area contributed by atoms with Crippen LogP contribution in [0, 0.1) is 20.2 Å². The van der Waals surface area contributed by atoms with Gasteiger partial charge in [0, 0.05) is 17.7 Å². The summed E-state index contributed by atoms with van der Waals surface area (Å²) < 4.78 is 5.13. The van der Waals surface area contributed by atoms with Crippen LogP contribution in [-0.4, -0.2) is 39.0 Å². The van der Waals surface area contributed by atoms with Gasteiger partial charge in [-0.3, -0.25) is 35.1 Å². The lowest BCUT2D eigenvalue weighted by atomic mass is 10.1. The molecule has 0 spiro atoms. The number of para-hydroxylation sites is 1. The number of amides is 2. The van der Waals surface area contributed by atoms with Crippen molar-refractivity contribution >= 4 is 45.3 Å². The third-order valence-electron chi connectivity index (χ3n) is 4.99. The molecule has 1 aromatic heterocycles. The van der Waals surface area contributed by atoms with E-state index in [0.29, 0.717) is 10.8 Å². The van der Waals surface area contributed by atoms with E-state index < -0.39 is 33.0 Å². The lowest BCUT2D eigenvalue weighted by Crippen LogP contribution is -2.18. The first-order chi connectivity index (χ1) is 17.7. The van der Waals surface area contributed by atoms with Crippen LogP contribution >= 0.6 is 11.3 Å². The Bertz CT molecular complexity index is 1490. The zero-order valence-electron chi connectivity index (χ0n) is 18.9. The molecular formula is C23H16N6O7S. The Morgan fingerprint density at radius 3 is 2.14 bits per heavy atom. The fraction of sp³-hybridized carbons (Fsp3) is 0.0435. The molecule has 0 unspecified atom stereocenters. The first-order valence-electron chi connectivity index (χ1n) is 10.4. The van der Waals surface area contributed by atoms with Crippen LogP contribution in [0.2, 0.25) is 0 Å². The van der Waals surface area contributed by atoms with Crippen LogP contribution in [0.25, 0.3) is 10.6 Å². The Labute approximate surface area is 212 Å². The molecule has 0 atom stereocenters. The van der Waals surface area contributed by atoms with E-state index >= 15 is 0 Å². The Morgan fingerprint density at radius 1 is 0.865 bits per heavy atom. The molecule has 4 aromatic rings. The molecule has 0 saturated carbocycles. The molecule has 0 aliphatic carbocycles. The number of benzene rings is 3. The standard InChI is InChI=1S/C23H16N6O7S/c1-36-17-8-6-13(7-9-17)22-26-27-23(37-22)25-21(31)18-4-2-3-5-19(18)24-20(30)14-10-15(28(32)33)12-16(11-14)29(34)35/h2-12H,1H3,(H,24,30)(H,25,27,31). The fourth-order valence-electron chi connectivity index (χ4n) is 3.21. The molecule has 3 aromatic carbocycles. The minimum atomic E-state index is -0.871. The summed E-state index contributed by atoms with van der Waals surface area (Å²) in [4.78, 5) is 46.3. The third-order valence-corrected chi connectivity index (χ3v) is 5.88. The van der Waals surface area contributed by atoms with Gasteiger partial charge in [-0.25, -0.2) is 0 Å². The number of hydrogen-bond donors (Lipinski definition) is 2. The van der Waals surface area contributed by atoms with E-state index in [1.807, 2.05) is 0 Å². The van der Waals surface area contributed by atoms with Gasteiger partial charge in [-0.2, -0.15) is 0 Å². The minimum Gasteiger partial charge on any atom is -0.497 e. The van der Waals surface area contributed by atoms with Gasteiger partial charge in [-0.05, 0) is 36.4 Å². The molecule has 0 fully saturated rings. The third kappa shape index (κ3) is 5.71.